The van der Waals surface area contributed by atoms with E-state index in [4.69, 9.17) is 15.5 Å². The first-order valence-electron chi connectivity index (χ1n) is 8.01. The van der Waals surface area contributed by atoms with Crippen molar-refractivity contribution in [3.8, 4) is 10.4 Å². The van der Waals surface area contributed by atoms with E-state index in [-0.39, 0.29) is 12.2 Å². The molecule has 1 fully saturated rings. The molecule has 2 N–H and O–H groups in total. The van der Waals surface area contributed by atoms with Crippen LogP contribution in [-0.2, 0) is 11.3 Å². The molecule has 3 rings (SSSR count). The minimum Gasteiger partial charge on any atom is -0.372 e. The number of pyridine rings is 1. The fourth-order valence-corrected chi connectivity index (χ4v) is 4.22. The van der Waals surface area contributed by atoms with E-state index >= 15 is 0 Å². The molecule has 23 heavy (non-hydrogen) atoms. The van der Waals surface area contributed by atoms with Crippen LogP contribution >= 0.6 is 11.3 Å². The summed E-state index contributed by atoms with van der Waals surface area (Å²) in [6, 6.07) is 2.12. The standard InChI is InChI=1S/C17H24N4OS/c1-10-7-19-11(2)5-14(10)16-15(6-18)20-17(23-16)21-8-12(3)22-13(4)9-21/h5,7,12-13H,6,8-9,18H2,1-4H3/t12-,13+. The maximum Gasteiger partial charge on any atom is 0.186 e. The van der Waals surface area contributed by atoms with Crippen LogP contribution in [0.4, 0.5) is 5.13 Å². The van der Waals surface area contributed by atoms with Crippen molar-refractivity contribution in [1.82, 2.24) is 9.97 Å². The smallest absolute Gasteiger partial charge is 0.186 e. The summed E-state index contributed by atoms with van der Waals surface area (Å²) in [6.07, 6.45) is 2.36. The third-order valence-electron chi connectivity index (χ3n) is 4.05. The monoisotopic (exact) mass is 332 g/mol. The maximum atomic E-state index is 5.96. The van der Waals surface area contributed by atoms with Crippen molar-refractivity contribution in [3.63, 3.8) is 0 Å². The van der Waals surface area contributed by atoms with E-state index in [0.717, 1.165) is 40.0 Å². The Labute approximate surface area is 141 Å². The van der Waals surface area contributed by atoms with Gasteiger partial charge in [0.25, 0.3) is 0 Å². The van der Waals surface area contributed by atoms with Gasteiger partial charge in [-0.25, -0.2) is 4.98 Å². The van der Waals surface area contributed by atoms with Crippen LogP contribution in [0.3, 0.4) is 0 Å². The van der Waals surface area contributed by atoms with Gasteiger partial charge >= 0.3 is 0 Å². The lowest BCUT2D eigenvalue weighted by atomic mass is 10.1. The van der Waals surface area contributed by atoms with Crippen molar-refractivity contribution < 1.29 is 4.74 Å². The minimum absolute atomic E-state index is 0.220. The zero-order valence-electron chi connectivity index (χ0n) is 14.2. The predicted molar refractivity (Wildman–Crippen MR) is 94.9 cm³/mol. The van der Waals surface area contributed by atoms with E-state index in [1.54, 1.807) is 11.3 Å². The topological polar surface area (TPSA) is 64.3 Å². The quantitative estimate of drug-likeness (QED) is 0.936. The third kappa shape index (κ3) is 3.39. The van der Waals surface area contributed by atoms with E-state index in [9.17, 15) is 0 Å². The van der Waals surface area contributed by atoms with Gasteiger partial charge in [0.1, 0.15) is 0 Å². The van der Waals surface area contributed by atoms with Gasteiger partial charge in [-0.15, -0.1) is 0 Å². The molecule has 0 saturated carbocycles. The zero-order valence-corrected chi connectivity index (χ0v) is 15.0. The first-order valence-corrected chi connectivity index (χ1v) is 8.83. The van der Waals surface area contributed by atoms with Gasteiger partial charge in [0.15, 0.2) is 5.13 Å². The molecule has 3 heterocycles. The van der Waals surface area contributed by atoms with Crippen LogP contribution in [-0.4, -0.2) is 35.3 Å². The minimum atomic E-state index is 0.220. The molecule has 2 atom stereocenters. The first kappa shape index (κ1) is 16.4. The summed E-state index contributed by atoms with van der Waals surface area (Å²) in [5, 5.41) is 1.04. The van der Waals surface area contributed by atoms with Crippen molar-refractivity contribution >= 4 is 16.5 Å². The molecule has 2 aromatic heterocycles. The van der Waals surface area contributed by atoms with Crippen molar-refractivity contribution in [2.24, 2.45) is 5.73 Å². The van der Waals surface area contributed by atoms with E-state index < -0.39 is 0 Å². The number of morpholine rings is 1. The molecule has 0 radical (unpaired) electrons. The van der Waals surface area contributed by atoms with Crippen LogP contribution in [0.25, 0.3) is 10.4 Å². The Morgan fingerprint density at radius 2 is 2.00 bits per heavy atom. The molecule has 5 nitrogen and oxygen atoms in total. The molecular weight excluding hydrogens is 308 g/mol. The molecule has 0 aliphatic carbocycles. The van der Waals surface area contributed by atoms with Crippen molar-refractivity contribution in [1.29, 1.82) is 0 Å². The van der Waals surface area contributed by atoms with Crippen molar-refractivity contribution in [3.05, 3.63) is 29.2 Å². The zero-order chi connectivity index (χ0) is 16.6. The largest absolute Gasteiger partial charge is 0.372 e. The molecular formula is C17H24N4OS. The number of hydrogen-bond donors (Lipinski definition) is 1. The Balaban J connectivity index is 1.99. The Morgan fingerprint density at radius 3 is 2.65 bits per heavy atom. The molecule has 0 unspecified atom stereocenters. The molecule has 0 spiro atoms. The molecule has 1 aliphatic heterocycles. The SMILES string of the molecule is Cc1cc(-c2sc(N3C[C@@H](C)O[C@@H](C)C3)nc2CN)c(C)cn1. The molecule has 0 bridgehead atoms. The molecule has 0 amide bonds. The molecule has 2 aromatic rings. The van der Waals surface area contributed by atoms with Crippen molar-refractivity contribution in [2.75, 3.05) is 18.0 Å². The Hall–Kier alpha value is -1.50. The average Bonchev–Trinajstić information content (AvgIpc) is 2.93. The summed E-state index contributed by atoms with van der Waals surface area (Å²) in [6.45, 7) is 10.5. The van der Waals surface area contributed by atoms with E-state index in [1.807, 2.05) is 13.1 Å². The van der Waals surface area contributed by atoms with Crippen LogP contribution in [0.15, 0.2) is 12.3 Å². The molecule has 1 saturated heterocycles. The number of nitrogens with zero attached hydrogens (tertiary/aromatic N) is 3. The second-order valence-corrected chi connectivity index (χ2v) is 7.26. The summed E-state index contributed by atoms with van der Waals surface area (Å²) in [5.74, 6) is 0. The highest BCUT2D eigenvalue weighted by molar-refractivity contribution is 7.19. The molecule has 124 valence electrons. The van der Waals surface area contributed by atoms with Crippen LogP contribution < -0.4 is 10.6 Å². The average molecular weight is 332 g/mol. The highest BCUT2D eigenvalue weighted by Crippen LogP contribution is 2.37. The highest BCUT2D eigenvalue weighted by atomic mass is 32.1. The number of ether oxygens (including phenoxy) is 1. The first-order chi connectivity index (χ1) is 11.0. The number of hydrogen-bond acceptors (Lipinski definition) is 6. The summed E-state index contributed by atoms with van der Waals surface area (Å²) >= 11 is 1.72. The number of rotatable bonds is 3. The van der Waals surface area contributed by atoms with E-state index in [0.29, 0.717) is 6.54 Å². The van der Waals surface area contributed by atoms with E-state index in [1.165, 1.54) is 5.56 Å². The van der Waals surface area contributed by atoms with Crippen LogP contribution in [0, 0.1) is 13.8 Å². The lowest BCUT2D eigenvalue weighted by molar-refractivity contribution is -0.00523. The second-order valence-electron chi connectivity index (χ2n) is 6.28. The summed E-state index contributed by atoms with van der Waals surface area (Å²) in [4.78, 5) is 12.7. The van der Waals surface area contributed by atoms with Crippen LogP contribution in [0.2, 0.25) is 0 Å². The predicted octanol–water partition coefficient (Wildman–Crippen LogP) is 2.89. The van der Waals surface area contributed by atoms with Crippen LogP contribution in [0.1, 0.15) is 30.8 Å². The number of nitrogens with two attached hydrogens (primary N) is 1. The van der Waals surface area contributed by atoms with Gasteiger partial charge in [0.2, 0.25) is 0 Å². The lowest BCUT2D eigenvalue weighted by Gasteiger charge is -2.35. The number of aromatic nitrogens is 2. The fourth-order valence-electron chi connectivity index (χ4n) is 3.03. The normalized spacial score (nSPS) is 21.7. The Morgan fingerprint density at radius 1 is 1.30 bits per heavy atom. The van der Waals surface area contributed by atoms with Crippen LogP contribution in [0.5, 0.6) is 0 Å². The third-order valence-corrected chi connectivity index (χ3v) is 5.25. The van der Waals surface area contributed by atoms with E-state index in [2.05, 4.69) is 36.7 Å². The van der Waals surface area contributed by atoms with Gasteiger partial charge in [-0.05, 0) is 44.9 Å². The van der Waals surface area contributed by atoms with Gasteiger partial charge in [0, 0.05) is 31.5 Å². The Kier molecular flexibility index (Phi) is 4.66. The molecule has 1 aliphatic rings. The maximum absolute atomic E-state index is 5.96. The highest BCUT2D eigenvalue weighted by Gasteiger charge is 2.26. The number of thiazole rings is 1. The summed E-state index contributed by atoms with van der Waals surface area (Å²) < 4.78 is 5.82. The van der Waals surface area contributed by atoms with Gasteiger partial charge in [0.05, 0.1) is 22.8 Å². The fraction of sp³-hybridized carbons (Fsp3) is 0.529. The van der Waals surface area contributed by atoms with Gasteiger partial charge in [-0.1, -0.05) is 11.3 Å². The number of aryl methyl sites for hydroxylation is 2. The van der Waals surface area contributed by atoms with Gasteiger partial charge < -0.3 is 15.4 Å². The Bertz CT molecular complexity index is 690. The van der Waals surface area contributed by atoms with Crippen molar-refractivity contribution in [2.45, 2.75) is 46.4 Å². The molecule has 6 heteroatoms. The lowest BCUT2D eigenvalue weighted by Crippen LogP contribution is -2.45. The summed E-state index contributed by atoms with van der Waals surface area (Å²) in [7, 11) is 0. The van der Waals surface area contributed by atoms with Gasteiger partial charge in [-0.2, -0.15) is 0 Å². The van der Waals surface area contributed by atoms with Gasteiger partial charge in [-0.3, -0.25) is 4.98 Å². The summed E-state index contributed by atoms with van der Waals surface area (Å²) in [5.41, 5.74) is 10.3. The number of anilines is 1. The molecule has 0 aromatic carbocycles. The second kappa shape index (κ2) is 6.55.